The number of pyridine rings is 1. The Morgan fingerprint density at radius 3 is 2.90 bits per heavy atom. The van der Waals surface area contributed by atoms with Crippen molar-refractivity contribution >= 4 is 33.4 Å². The van der Waals surface area contributed by atoms with E-state index in [1.165, 1.54) is 12.3 Å². The minimum atomic E-state index is -0.629. The molecule has 0 spiro atoms. The summed E-state index contributed by atoms with van der Waals surface area (Å²) >= 11 is 3.44. The van der Waals surface area contributed by atoms with Crippen LogP contribution < -0.4 is 11.1 Å². The monoisotopic (exact) mass is 449 g/mol. The van der Waals surface area contributed by atoms with E-state index in [4.69, 9.17) is 16.0 Å². The first-order chi connectivity index (χ1) is 13.9. The lowest BCUT2D eigenvalue weighted by atomic mass is 9.91. The third-order valence-electron chi connectivity index (χ3n) is 4.73. The summed E-state index contributed by atoms with van der Waals surface area (Å²) in [5.41, 5.74) is 8.44. The highest BCUT2D eigenvalue weighted by Crippen LogP contribution is 2.34. The molecule has 0 fully saturated rings. The van der Waals surface area contributed by atoms with Crippen molar-refractivity contribution in [1.82, 2.24) is 14.8 Å². The Morgan fingerprint density at radius 2 is 2.17 bits per heavy atom. The number of hydrogen-bond donors (Lipinski definition) is 2. The zero-order valence-corrected chi connectivity index (χ0v) is 17.0. The van der Waals surface area contributed by atoms with Gasteiger partial charge in [-0.3, -0.25) is 14.5 Å². The zero-order chi connectivity index (χ0) is 20.6. The normalized spacial score (nSPS) is 17.8. The first kappa shape index (κ1) is 18.8. The number of carbonyl (C=O) groups excluding carboxylic acids is 1. The first-order valence-electron chi connectivity index (χ1n) is 8.75. The Kier molecular flexibility index (Phi) is 4.64. The van der Waals surface area contributed by atoms with Gasteiger partial charge in [0.05, 0.1) is 22.8 Å². The number of nitrogens with two attached hydrogens (primary N) is 1. The van der Waals surface area contributed by atoms with Crippen LogP contribution in [-0.4, -0.2) is 26.5 Å². The van der Waals surface area contributed by atoms with Gasteiger partial charge in [-0.25, -0.2) is 4.98 Å². The molecule has 0 bridgehead atoms. The van der Waals surface area contributed by atoms with Crippen LogP contribution in [0.1, 0.15) is 34.2 Å². The topological polar surface area (TPSA) is 122 Å². The summed E-state index contributed by atoms with van der Waals surface area (Å²) in [6.07, 6.45) is 3.07. The molecule has 0 radical (unpaired) electrons. The maximum absolute atomic E-state index is 12.5. The van der Waals surface area contributed by atoms with Crippen molar-refractivity contribution in [2.45, 2.75) is 19.0 Å². The fourth-order valence-corrected chi connectivity index (χ4v) is 3.76. The minimum absolute atomic E-state index is 0.228. The van der Waals surface area contributed by atoms with E-state index in [-0.39, 0.29) is 11.6 Å². The molecule has 0 saturated carbocycles. The lowest BCUT2D eigenvalue weighted by Gasteiger charge is -2.31. The van der Waals surface area contributed by atoms with Crippen LogP contribution in [0.2, 0.25) is 0 Å². The smallest absolute Gasteiger partial charge is 0.274 e. The van der Waals surface area contributed by atoms with Crippen LogP contribution in [0, 0.1) is 11.3 Å². The van der Waals surface area contributed by atoms with E-state index in [9.17, 15) is 4.79 Å². The molecule has 1 amide bonds. The summed E-state index contributed by atoms with van der Waals surface area (Å²) in [7, 11) is 0. The Hall–Kier alpha value is -3.51. The van der Waals surface area contributed by atoms with Crippen molar-refractivity contribution in [3.05, 3.63) is 75.8 Å². The van der Waals surface area contributed by atoms with E-state index in [1.807, 2.05) is 35.9 Å². The van der Waals surface area contributed by atoms with E-state index >= 15 is 0 Å². The molecule has 0 unspecified atom stereocenters. The second-order valence-corrected chi connectivity index (χ2v) is 7.70. The summed E-state index contributed by atoms with van der Waals surface area (Å²) in [6, 6.07) is 12.5. The average molecular weight is 450 g/mol. The highest BCUT2D eigenvalue weighted by Gasteiger charge is 2.34. The molecule has 0 saturated heterocycles. The molecule has 2 aromatic heterocycles. The van der Waals surface area contributed by atoms with Gasteiger partial charge >= 0.3 is 0 Å². The second-order valence-electron chi connectivity index (χ2n) is 6.85. The quantitative estimate of drug-likeness (QED) is 0.636. The van der Waals surface area contributed by atoms with Crippen molar-refractivity contribution in [3.8, 4) is 6.07 Å². The molecule has 8 nitrogen and oxygen atoms in total. The number of benzene rings is 1. The summed E-state index contributed by atoms with van der Waals surface area (Å²) in [5.74, 6) is 0.0427. The summed E-state index contributed by atoms with van der Waals surface area (Å²) in [5, 5.41) is 16.0. The number of fused-ring (bicyclic) bond motifs is 1. The highest BCUT2D eigenvalue weighted by atomic mass is 79.9. The zero-order valence-electron chi connectivity index (χ0n) is 15.4. The van der Waals surface area contributed by atoms with E-state index in [0.29, 0.717) is 23.6 Å². The number of aromatic nitrogens is 3. The van der Waals surface area contributed by atoms with Gasteiger partial charge in [0.2, 0.25) is 0 Å². The van der Waals surface area contributed by atoms with Crippen LogP contribution in [0.25, 0.3) is 0 Å². The van der Waals surface area contributed by atoms with Gasteiger partial charge < -0.3 is 11.1 Å². The van der Waals surface area contributed by atoms with Gasteiger partial charge in [-0.1, -0.05) is 12.1 Å². The van der Waals surface area contributed by atoms with Crippen LogP contribution in [-0.2, 0) is 12.1 Å². The average Bonchev–Trinajstić information content (AvgIpc) is 3.09. The molecule has 3 N–H and O–H groups in total. The number of rotatable bonds is 3. The van der Waals surface area contributed by atoms with Crippen molar-refractivity contribution < 1.29 is 4.79 Å². The number of nitriles is 1. The van der Waals surface area contributed by atoms with Crippen molar-refractivity contribution in [2.24, 2.45) is 10.7 Å². The molecule has 1 aromatic carbocycles. The number of anilines is 1. The van der Waals surface area contributed by atoms with Gasteiger partial charge in [-0.2, -0.15) is 10.4 Å². The van der Waals surface area contributed by atoms with Gasteiger partial charge in [0, 0.05) is 11.9 Å². The maximum Gasteiger partial charge on any atom is 0.274 e. The number of carbonyl (C=O) groups is 1. The third-order valence-corrected chi connectivity index (χ3v) is 5.31. The van der Waals surface area contributed by atoms with Crippen molar-refractivity contribution in [1.29, 1.82) is 5.26 Å². The van der Waals surface area contributed by atoms with Gasteiger partial charge in [-0.05, 0) is 52.7 Å². The molecule has 1 aliphatic rings. The lowest BCUT2D eigenvalue weighted by Crippen LogP contribution is -2.37. The summed E-state index contributed by atoms with van der Waals surface area (Å²) in [6.45, 7) is 2.49. The molecular weight excluding hydrogens is 434 g/mol. The summed E-state index contributed by atoms with van der Waals surface area (Å²) < 4.78 is 2.62. The molecular formula is C20H16BrN7O. The minimum Gasteiger partial charge on any atom is -0.382 e. The fourth-order valence-electron chi connectivity index (χ4n) is 3.26. The Balaban J connectivity index is 1.60. The van der Waals surface area contributed by atoms with Crippen LogP contribution in [0.3, 0.4) is 0 Å². The highest BCUT2D eigenvalue weighted by molar-refractivity contribution is 9.10. The van der Waals surface area contributed by atoms with Crippen LogP contribution >= 0.6 is 15.9 Å². The van der Waals surface area contributed by atoms with Gasteiger partial charge in [0.25, 0.3) is 5.91 Å². The van der Waals surface area contributed by atoms with E-state index in [0.717, 1.165) is 15.7 Å². The number of halogens is 1. The molecule has 9 heteroatoms. The third kappa shape index (κ3) is 3.50. The number of nitrogens with one attached hydrogen (secondary N) is 1. The maximum atomic E-state index is 12.5. The molecule has 144 valence electrons. The number of amidine groups is 1. The van der Waals surface area contributed by atoms with Crippen molar-refractivity contribution in [2.75, 3.05) is 5.32 Å². The van der Waals surface area contributed by atoms with Gasteiger partial charge in [0.15, 0.2) is 0 Å². The number of hydrogen-bond acceptors (Lipinski definition) is 6. The Bertz CT molecular complexity index is 1180. The van der Waals surface area contributed by atoms with E-state index in [1.54, 1.807) is 18.3 Å². The standard InChI is InChI=1S/C20H16BrN7O/c1-20(11-28-17(18(23)27-20)15(21)10-25-28)13-3-2-4-14(7-13)26-19(29)16-6-5-12(8-22)9-24-16/h2-7,9-10H,11H2,1H3,(H2,23,27)(H,26,29)/t20-/m1/s1. The number of nitrogens with zero attached hydrogens (tertiary/aromatic N) is 5. The predicted octanol–water partition coefficient (Wildman–Crippen LogP) is 2.80. The number of amides is 1. The molecule has 1 aliphatic heterocycles. The molecule has 1 atom stereocenters. The number of aliphatic imine (C=N–C) groups is 1. The fraction of sp³-hybridized carbons (Fsp3) is 0.150. The van der Waals surface area contributed by atoms with Crippen LogP contribution in [0.15, 0.2) is 58.3 Å². The molecule has 3 aromatic rings. The lowest BCUT2D eigenvalue weighted by molar-refractivity contribution is 0.102. The van der Waals surface area contributed by atoms with Gasteiger partial charge in [-0.15, -0.1) is 0 Å². The molecule has 29 heavy (non-hydrogen) atoms. The van der Waals surface area contributed by atoms with Crippen LogP contribution in [0.5, 0.6) is 0 Å². The molecule has 3 heterocycles. The summed E-state index contributed by atoms with van der Waals surface area (Å²) in [4.78, 5) is 21.2. The van der Waals surface area contributed by atoms with E-state index in [2.05, 4.69) is 31.3 Å². The SMILES string of the molecule is C[C@]1(c2cccc(NC(=O)c3ccc(C#N)cn3)c2)Cn2ncc(Br)c2C(N)=N1. The van der Waals surface area contributed by atoms with E-state index < -0.39 is 5.54 Å². The van der Waals surface area contributed by atoms with Crippen LogP contribution in [0.4, 0.5) is 5.69 Å². The second kappa shape index (κ2) is 7.14. The largest absolute Gasteiger partial charge is 0.382 e. The Morgan fingerprint density at radius 1 is 1.34 bits per heavy atom. The predicted molar refractivity (Wildman–Crippen MR) is 111 cm³/mol. The molecule has 0 aliphatic carbocycles. The molecule has 4 rings (SSSR count). The van der Waals surface area contributed by atoms with Crippen molar-refractivity contribution in [3.63, 3.8) is 0 Å². The van der Waals surface area contributed by atoms with Gasteiger partial charge in [0.1, 0.15) is 28.8 Å². The Labute approximate surface area is 175 Å². The first-order valence-corrected chi connectivity index (χ1v) is 9.54.